The number of benzene rings is 1. The van der Waals surface area contributed by atoms with Gasteiger partial charge in [-0.2, -0.15) is 0 Å². The van der Waals surface area contributed by atoms with Gasteiger partial charge in [-0.25, -0.2) is 0 Å². The molecule has 1 aromatic carbocycles. The van der Waals surface area contributed by atoms with Crippen LogP contribution in [0, 0.1) is 0 Å². The zero-order valence-electron chi connectivity index (χ0n) is 10.2. The average Bonchev–Trinajstić information content (AvgIpc) is 2.89. The molecule has 0 fully saturated rings. The summed E-state index contributed by atoms with van der Waals surface area (Å²) in [6, 6.07) is 15.4. The lowest BCUT2D eigenvalue weighted by Crippen LogP contribution is -2.01. The largest absolute Gasteiger partial charge is 0.388 e. The maximum atomic E-state index is 10.1. The van der Waals surface area contributed by atoms with Crippen LogP contribution in [0.5, 0.6) is 0 Å². The van der Waals surface area contributed by atoms with Crippen molar-refractivity contribution in [1.82, 2.24) is 14.6 Å². The molecule has 0 saturated carbocycles. The molecule has 96 valence electrons. The molecule has 1 N–H and O–H groups in total. The normalized spacial score (nSPS) is 12.7. The minimum Gasteiger partial charge on any atom is -0.388 e. The maximum Gasteiger partial charge on any atom is 0.195 e. The molecule has 5 heteroatoms. The first kappa shape index (κ1) is 12.2. The highest BCUT2D eigenvalue weighted by molar-refractivity contribution is 7.99. The fourth-order valence-corrected chi connectivity index (χ4v) is 2.73. The molecule has 0 aliphatic carbocycles. The Kier molecular flexibility index (Phi) is 3.48. The van der Waals surface area contributed by atoms with E-state index in [2.05, 4.69) is 10.2 Å². The van der Waals surface area contributed by atoms with E-state index in [1.165, 1.54) is 11.8 Å². The quantitative estimate of drug-likeness (QED) is 0.741. The molecule has 1 atom stereocenters. The molecule has 2 heterocycles. The third kappa shape index (κ3) is 2.62. The number of aliphatic hydroxyl groups excluding tert-OH is 1. The van der Waals surface area contributed by atoms with Gasteiger partial charge in [0.15, 0.2) is 10.8 Å². The highest BCUT2D eigenvalue weighted by Crippen LogP contribution is 2.23. The molecule has 19 heavy (non-hydrogen) atoms. The van der Waals surface area contributed by atoms with Crippen molar-refractivity contribution >= 4 is 17.4 Å². The van der Waals surface area contributed by atoms with Gasteiger partial charge in [-0.05, 0) is 17.7 Å². The number of nitrogens with zero attached hydrogens (tertiary/aromatic N) is 3. The van der Waals surface area contributed by atoms with Crippen molar-refractivity contribution < 1.29 is 5.11 Å². The fraction of sp³-hybridized carbons (Fsp3) is 0.143. The van der Waals surface area contributed by atoms with Gasteiger partial charge in [0.1, 0.15) is 0 Å². The molecular weight excluding hydrogens is 258 g/mol. The zero-order chi connectivity index (χ0) is 13.1. The second-order valence-electron chi connectivity index (χ2n) is 4.15. The molecule has 0 radical (unpaired) electrons. The summed E-state index contributed by atoms with van der Waals surface area (Å²) < 4.78 is 1.92. The molecule has 0 aliphatic rings. The first-order chi connectivity index (χ1) is 9.34. The van der Waals surface area contributed by atoms with Crippen molar-refractivity contribution in [2.75, 3.05) is 5.75 Å². The van der Waals surface area contributed by atoms with Gasteiger partial charge in [-0.3, -0.25) is 4.40 Å². The van der Waals surface area contributed by atoms with E-state index in [1.807, 2.05) is 59.1 Å². The van der Waals surface area contributed by atoms with Gasteiger partial charge >= 0.3 is 0 Å². The minimum absolute atomic E-state index is 0.498. The van der Waals surface area contributed by atoms with E-state index in [4.69, 9.17) is 0 Å². The Morgan fingerprint density at radius 1 is 1.05 bits per heavy atom. The molecule has 0 bridgehead atoms. The third-order valence-electron chi connectivity index (χ3n) is 2.84. The van der Waals surface area contributed by atoms with E-state index >= 15 is 0 Å². The van der Waals surface area contributed by atoms with E-state index in [-0.39, 0.29) is 0 Å². The summed E-state index contributed by atoms with van der Waals surface area (Å²) in [6.45, 7) is 0. The first-order valence-electron chi connectivity index (χ1n) is 6.00. The Morgan fingerprint density at radius 2 is 1.84 bits per heavy atom. The van der Waals surface area contributed by atoms with Gasteiger partial charge in [0.2, 0.25) is 0 Å². The van der Waals surface area contributed by atoms with Crippen LogP contribution in [-0.4, -0.2) is 25.5 Å². The number of pyridine rings is 1. The van der Waals surface area contributed by atoms with E-state index in [0.717, 1.165) is 16.4 Å². The molecule has 0 saturated heterocycles. The van der Waals surface area contributed by atoms with Crippen LogP contribution in [0.4, 0.5) is 0 Å². The van der Waals surface area contributed by atoms with Crippen LogP contribution in [0.25, 0.3) is 5.65 Å². The lowest BCUT2D eigenvalue weighted by Gasteiger charge is -2.09. The van der Waals surface area contributed by atoms with Gasteiger partial charge < -0.3 is 5.11 Å². The van der Waals surface area contributed by atoms with Crippen molar-refractivity contribution in [2.24, 2.45) is 0 Å². The fourth-order valence-electron chi connectivity index (χ4n) is 1.84. The number of aromatic nitrogens is 3. The van der Waals surface area contributed by atoms with Gasteiger partial charge in [0.05, 0.1) is 6.10 Å². The number of hydrogen-bond acceptors (Lipinski definition) is 4. The van der Waals surface area contributed by atoms with Crippen molar-refractivity contribution in [3.8, 4) is 0 Å². The second kappa shape index (κ2) is 5.42. The molecule has 4 nitrogen and oxygen atoms in total. The second-order valence-corrected chi connectivity index (χ2v) is 5.14. The monoisotopic (exact) mass is 271 g/mol. The van der Waals surface area contributed by atoms with Crippen molar-refractivity contribution in [1.29, 1.82) is 0 Å². The Bertz CT molecular complexity index is 669. The van der Waals surface area contributed by atoms with Gasteiger partial charge in [-0.1, -0.05) is 48.2 Å². The summed E-state index contributed by atoms with van der Waals surface area (Å²) in [5.41, 5.74) is 1.74. The number of thioether (sulfide) groups is 1. The molecule has 0 amide bonds. The van der Waals surface area contributed by atoms with Crippen molar-refractivity contribution in [3.05, 3.63) is 60.3 Å². The minimum atomic E-state index is -0.498. The number of rotatable bonds is 4. The lowest BCUT2D eigenvalue weighted by atomic mass is 10.1. The summed E-state index contributed by atoms with van der Waals surface area (Å²) in [5, 5.41) is 19.1. The van der Waals surface area contributed by atoms with Crippen molar-refractivity contribution in [3.63, 3.8) is 0 Å². The zero-order valence-corrected chi connectivity index (χ0v) is 11.0. The molecule has 3 aromatic rings. The highest BCUT2D eigenvalue weighted by Gasteiger charge is 2.11. The number of fused-ring (bicyclic) bond motifs is 1. The van der Waals surface area contributed by atoms with E-state index in [1.54, 1.807) is 0 Å². The Morgan fingerprint density at radius 3 is 2.68 bits per heavy atom. The van der Waals surface area contributed by atoms with Crippen LogP contribution in [0.3, 0.4) is 0 Å². The van der Waals surface area contributed by atoms with Crippen LogP contribution in [-0.2, 0) is 0 Å². The van der Waals surface area contributed by atoms with Crippen LogP contribution in [0.1, 0.15) is 11.7 Å². The smallest absolute Gasteiger partial charge is 0.195 e. The van der Waals surface area contributed by atoms with Crippen LogP contribution in [0.15, 0.2) is 59.9 Å². The van der Waals surface area contributed by atoms with Gasteiger partial charge in [0, 0.05) is 11.9 Å². The average molecular weight is 271 g/mol. The Hall–Kier alpha value is -1.85. The highest BCUT2D eigenvalue weighted by atomic mass is 32.2. The molecule has 3 rings (SSSR count). The van der Waals surface area contributed by atoms with Gasteiger partial charge in [0.25, 0.3) is 0 Å². The SMILES string of the molecule is O[C@@H](CSc1nnc2ccccn12)c1ccccc1. The van der Waals surface area contributed by atoms with Crippen LogP contribution >= 0.6 is 11.8 Å². The summed E-state index contributed by atoms with van der Waals surface area (Å²) in [6.07, 6.45) is 1.43. The van der Waals surface area contributed by atoms with Crippen molar-refractivity contribution in [2.45, 2.75) is 11.3 Å². The number of hydrogen-bond donors (Lipinski definition) is 1. The molecule has 0 unspecified atom stereocenters. The molecule has 0 aliphatic heterocycles. The van der Waals surface area contributed by atoms with Gasteiger partial charge in [-0.15, -0.1) is 10.2 Å². The lowest BCUT2D eigenvalue weighted by molar-refractivity contribution is 0.204. The predicted octanol–water partition coefficient (Wildman–Crippen LogP) is 2.56. The topological polar surface area (TPSA) is 50.4 Å². The predicted molar refractivity (Wildman–Crippen MR) is 75.1 cm³/mol. The van der Waals surface area contributed by atoms with E-state index in [0.29, 0.717) is 5.75 Å². The number of aliphatic hydroxyl groups is 1. The summed E-state index contributed by atoms with van der Waals surface area (Å²) >= 11 is 1.50. The Balaban J connectivity index is 1.73. The maximum absolute atomic E-state index is 10.1. The van der Waals surface area contributed by atoms with Crippen LogP contribution in [0.2, 0.25) is 0 Å². The van der Waals surface area contributed by atoms with E-state index < -0.39 is 6.10 Å². The summed E-state index contributed by atoms with van der Waals surface area (Å²) in [7, 11) is 0. The van der Waals surface area contributed by atoms with E-state index in [9.17, 15) is 5.11 Å². The first-order valence-corrected chi connectivity index (χ1v) is 6.99. The molecule has 0 spiro atoms. The molecular formula is C14H13N3OS. The van der Waals surface area contributed by atoms with Crippen LogP contribution < -0.4 is 0 Å². The standard InChI is InChI=1S/C14H13N3OS/c18-12(11-6-2-1-3-7-11)10-19-14-16-15-13-8-4-5-9-17(13)14/h1-9,12,18H,10H2/t12-/m0/s1. The summed E-state index contributed by atoms with van der Waals surface area (Å²) in [4.78, 5) is 0. The summed E-state index contributed by atoms with van der Waals surface area (Å²) in [5.74, 6) is 0.555. The third-order valence-corrected chi connectivity index (χ3v) is 3.86. The molecule has 2 aromatic heterocycles. The Labute approximate surface area is 115 Å².